The minimum Gasteiger partial charge on any atom is -0.379 e. The molecule has 1 amide bonds. The van der Waals surface area contributed by atoms with E-state index in [-0.39, 0.29) is 18.6 Å². The minimum absolute atomic E-state index is 0.0949. The Morgan fingerprint density at radius 2 is 2.11 bits per heavy atom. The van der Waals surface area contributed by atoms with Crippen LogP contribution >= 0.6 is 0 Å². The van der Waals surface area contributed by atoms with Gasteiger partial charge in [0.1, 0.15) is 6.54 Å². The fourth-order valence-electron chi connectivity index (χ4n) is 2.72. The number of benzene rings is 1. The molecule has 1 heterocycles. The van der Waals surface area contributed by atoms with E-state index in [1.165, 1.54) is 0 Å². The van der Waals surface area contributed by atoms with Crippen molar-refractivity contribution in [3.63, 3.8) is 0 Å². The highest BCUT2D eigenvalue weighted by Crippen LogP contribution is 2.11. The van der Waals surface area contributed by atoms with Crippen LogP contribution in [0.5, 0.6) is 0 Å². The van der Waals surface area contributed by atoms with Crippen molar-refractivity contribution in [2.45, 2.75) is 38.8 Å². The molecule has 7 nitrogen and oxygen atoms in total. The lowest BCUT2D eigenvalue weighted by molar-refractivity contribution is -0.119. The molecule has 0 radical (unpaired) electrons. The maximum absolute atomic E-state index is 12.0. The highest BCUT2D eigenvalue weighted by molar-refractivity contribution is 5.84. The second-order valence-electron chi connectivity index (χ2n) is 6.45. The van der Waals surface area contributed by atoms with E-state index < -0.39 is 0 Å². The monoisotopic (exact) mass is 376 g/mol. The normalized spacial score (nSPS) is 16.9. The summed E-state index contributed by atoms with van der Waals surface area (Å²) in [6.45, 7) is 6.31. The lowest BCUT2D eigenvalue weighted by atomic mass is 10.2. The van der Waals surface area contributed by atoms with Crippen LogP contribution in [-0.4, -0.2) is 57.4 Å². The van der Waals surface area contributed by atoms with E-state index in [1.54, 1.807) is 0 Å². The Morgan fingerprint density at radius 3 is 2.85 bits per heavy atom. The zero-order chi connectivity index (χ0) is 19.2. The van der Waals surface area contributed by atoms with E-state index in [4.69, 9.17) is 9.47 Å². The SMILES string of the molecule is CCNC(=NCC(=O)NCc1ccccc1)NCCCOCC1CCCO1. The molecule has 1 fully saturated rings. The maximum atomic E-state index is 12.0. The number of rotatable bonds is 11. The summed E-state index contributed by atoms with van der Waals surface area (Å²) in [7, 11) is 0. The number of carbonyl (C=O) groups is 1. The molecule has 1 aliphatic rings. The molecule has 1 atom stereocenters. The first-order valence-electron chi connectivity index (χ1n) is 9.80. The average Bonchev–Trinajstić information content (AvgIpc) is 3.21. The van der Waals surface area contributed by atoms with Crippen molar-refractivity contribution in [3.05, 3.63) is 35.9 Å². The summed E-state index contributed by atoms with van der Waals surface area (Å²) < 4.78 is 11.2. The Bertz CT molecular complexity index is 560. The summed E-state index contributed by atoms with van der Waals surface area (Å²) in [5.41, 5.74) is 1.07. The van der Waals surface area contributed by atoms with Crippen molar-refractivity contribution in [2.75, 3.05) is 39.5 Å². The van der Waals surface area contributed by atoms with Crippen molar-refractivity contribution in [1.82, 2.24) is 16.0 Å². The number of hydrogen-bond donors (Lipinski definition) is 3. The van der Waals surface area contributed by atoms with Gasteiger partial charge in [-0.05, 0) is 31.7 Å². The Balaban J connectivity index is 1.58. The second-order valence-corrected chi connectivity index (χ2v) is 6.45. The Labute approximate surface area is 161 Å². The van der Waals surface area contributed by atoms with Gasteiger partial charge in [0.05, 0.1) is 12.7 Å². The molecule has 0 saturated carbocycles. The van der Waals surface area contributed by atoms with Crippen LogP contribution in [0.25, 0.3) is 0 Å². The van der Waals surface area contributed by atoms with Crippen LogP contribution in [0.1, 0.15) is 31.7 Å². The predicted molar refractivity (Wildman–Crippen MR) is 107 cm³/mol. The van der Waals surface area contributed by atoms with E-state index in [1.807, 2.05) is 37.3 Å². The van der Waals surface area contributed by atoms with Gasteiger partial charge in [-0.25, -0.2) is 4.99 Å². The number of carbonyl (C=O) groups excluding carboxylic acids is 1. The molecule has 0 aromatic heterocycles. The molecule has 1 aromatic carbocycles. The van der Waals surface area contributed by atoms with E-state index >= 15 is 0 Å². The molecule has 0 aliphatic carbocycles. The van der Waals surface area contributed by atoms with Crippen LogP contribution in [0.15, 0.2) is 35.3 Å². The van der Waals surface area contributed by atoms with Crippen molar-refractivity contribution < 1.29 is 14.3 Å². The van der Waals surface area contributed by atoms with Gasteiger partial charge < -0.3 is 25.4 Å². The first kappa shape index (κ1) is 21.2. The molecule has 0 bridgehead atoms. The third kappa shape index (κ3) is 9.40. The van der Waals surface area contributed by atoms with Crippen molar-refractivity contribution in [1.29, 1.82) is 0 Å². The molecule has 150 valence electrons. The fourth-order valence-corrected chi connectivity index (χ4v) is 2.72. The highest BCUT2D eigenvalue weighted by Gasteiger charge is 2.14. The predicted octanol–water partition coefficient (Wildman–Crippen LogP) is 1.44. The van der Waals surface area contributed by atoms with Crippen LogP contribution in [0.2, 0.25) is 0 Å². The number of aliphatic imine (C=N–C) groups is 1. The van der Waals surface area contributed by atoms with Gasteiger partial charge in [-0.1, -0.05) is 30.3 Å². The summed E-state index contributed by atoms with van der Waals surface area (Å²) in [5, 5.41) is 9.25. The Hall–Kier alpha value is -2.12. The summed E-state index contributed by atoms with van der Waals surface area (Å²) >= 11 is 0. The Morgan fingerprint density at radius 1 is 1.26 bits per heavy atom. The minimum atomic E-state index is -0.101. The molecule has 3 N–H and O–H groups in total. The summed E-state index contributed by atoms with van der Waals surface area (Å²) in [6, 6.07) is 9.83. The smallest absolute Gasteiger partial charge is 0.242 e. The average molecular weight is 377 g/mol. The summed E-state index contributed by atoms with van der Waals surface area (Å²) in [4.78, 5) is 16.3. The van der Waals surface area contributed by atoms with Crippen molar-refractivity contribution >= 4 is 11.9 Å². The standard InChI is InChI=1S/C20H32N4O3/c1-2-21-20(22-11-7-12-26-16-18-10-6-13-27-18)24-15-19(25)23-14-17-8-4-3-5-9-17/h3-5,8-9,18H,2,6-7,10-16H2,1H3,(H,23,25)(H2,21,22,24). The lowest BCUT2D eigenvalue weighted by Crippen LogP contribution is -2.39. The van der Waals surface area contributed by atoms with Gasteiger partial charge in [0.25, 0.3) is 0 Å². The van der Waals surface area contributed by atoms with Gasteiger partial charge in [0.15, 0.2) is 5.96 Å². The zero-order valence-electron chi connectivity index (χ0n) is 16.2. The first-order valence-corrected chi connectivity index (χ1v) is 9.80. The van der Waals surface area contributed by atoms with Crippen LogP contribution in [0.4, 0.5) is 0 Å². The first-order chi connectivity index (χ1) is 13.3. The number of hydrogen-bond acceptors (Lipinski definition) is 4. The van der Waals surface area contributed by atoms with Gasteiger partial charge >= 0.3 is 0 Å². The van der Waals surface area contributed by atoms with Crippen molar-refractivity contribution in [2.24, 2.45) is 4.99 Å². The number of nitrogens with zero attached hydrogens (tertiary/aromatic N) is 1. The molecular formula is C20H32N4O3. The zero-order valence-corrected chi connectivity index (χ0v) is 16.2. The highest BCUT2D eigenvalue weighted by atomic mass is 16.5. The Kier molecular flexibility index (Phi) is 10.3. The van der Waals surface area contributed by atoms with E-state index in [9.17, 15) is 4.79 Å². The quantitative estimate of drug-likeness (QED) is 0.309. The van der Waals surface area contributed by atoms with Gasteiger partial charge in [0, 0.05) is 32.8 Å². The molecule has 0 spiro atoms. The maximum Gasteiger partial charge on any atom is 0.242 e. The third-order valence-electron chi connectivity index (χ3n) is 4.14. The number of nitrogens with one attached hydrogen (secondary N) is 3. The topological polar surface area (TPSA) is 84.0 Å². The molecule has 1 aromatic rings. The molecule has 7 heteroatoms. The van der Waals surface area contributed by atoms with E-state index in [0.717, 1.165) is 44.5 Å². The summed E-state index contributed by atoms with van der Waals surface area (Å²) in [5.74, 6) is 0.544. The lowest BCUT2D eigenvalue weighted by Gasteiger charge is -2.12. The van der Waals surface area contributed by atoms with Crippen LogP contribution in [-0.2, 0) is 20.8 Å². The molecule has 1 aliphatic heterocycles. The van der Waals surface area contributed by atoms with Gasteiger partial charge in [0.2, 0.25) is 5.91 Å². The van der Waals surface area contributed by atoms with Crippen LogP contribution in [0, 0.1) is 0 Å². The second kappa shape index (κ2) is 13.1. The molecule has 27 heavy (non-hydrogen) atoms. The van der Waals surface area contributed by atoms with Gasteiger partial charge in [-0.2, -0.15) is 0 Å². The number of ether oxygens (including phenoxy) is 2. The van der Waals surface area contributed by atoms with Gasteiger partial charge in [-0.3, -0.25) is 4.79 Å². The molecule has 1 unspecified atom stereocenters. The number of guanidine groups is 1. The van der Waals surface area contributed by atoms with Gasteiger partial charge in [-0.15, -0.1) is 0 Å². The van der Waals surface area contributed by atoms with Crippen molar-refractivity contribution in [3.8, 4) is 0 Å². The van der Waals surface area contributed by atoms with E-state index in [0.29, 0.717) is 25.7 Å². The van der Waals surface area contributed by atoms with Crippen LogP contribution < -0.4 is 16.0 Å². The van der Waals surface area contributed by atoms with E-state index in [2.05, 4.69) is 20.9 Å². The summed E-state index contributed by atoms with van der Waals surface area (Å²) in [6.07, 6.45) is 3.38. The number of amides is 1. The molecule has 2 rings (SSSR count). The largest absolute Gasteiger partial charge is 0.379 e. The molecular weight excluding hydrogens is 344 g/mol. The molecule has 1 saturated heterocycles. The fraction of sp³-hybridized carbons (Fsp3) is 0.600. The third-order valence-corrected chi connectivity index (χ3v) is 4.14. The van der Waals surface area contributed by atoms with Crippen LogP contribution in [0.3, 0.4) is 0 Å².